The molecule has 0 N–H and O–H groups in total. The lowest BCUT2D eigenvalue weighted by molar-refractivity contribution is -0.124. The average molecular weight is 229 g/mol. The maximum Gasteiger partial charge on any atom is 0.189 e. The quantitative estimate of drug-likeness (QED) is 0.741. The van der Waals surface area contributed by atoms with Gasteiger partial charge in [-0.2, -0.15) is 0 Å². The zero-order valence-corrected chi connectivity index (χ0v) is 9.34. The van der Waals surface area contributed by atoms with Gasteiger partial charge in [0.2, 0.25) is 0 Å². The molecule has 0 fully saturated rings. The van der Waals surface area contributed by atoms with Crippen LogP contribution in [0.3, 0.4) is 0 Å². The normalized spacial score (nSPS) is 17.8. The molecule has 1 unspecified atom stereocenters. The Morgan fingerprint density at radius 2 is 2.24 bits per heavy atom. The monoisotopic (exact) mass is 229 g/mol. The summed E-state index contributed by atoms with van der Waals surface area (Å²) in [5.74, 6) is 0.595. The molecule has 86 valence electrons. The van der Waals surface area contributed by atoms with Crippen molar-refractivity contribution in [1.82, 2.24) is 4.57 Å². The first-order valence-electron chi connectivity index (χ1n) is 5.46. The summed E-state index contributed by atoms with van der Waals surface area (Å²) in [7, 11) is 0. The van der Waals surface area contributed by atoms with Crippen molar-refractivity contribution in [2.75, 3.05) is 0 Å². The number of Topliss-reactive ketones (excluding diaryl/α,β-unsaturated/α-hetero) is 1. The summed E-state index contributed by atoms with van der Waals surface area (Å²) >= 11 is 0. The number of aromatic nitrogens is 1. The van der Waals surface area contributed by atoms with Gasteiger partial charge in [0, 0.05) is 17.6 Å². The second kappa shape index (κ2) is 3.45. The van der Waals surface area contributed by atoms with E-state index in [1.165, 1.54) is 13.0 Å². The van der Waals surface area contributed by atoms with E-state index in [1.54, 1.807) is 24.4 Å². The van der Waals surface area contributed by atoms with E-state index in [-0.39, 0.29) is 11.2 Å². The summed E-state index contributed by atoms with van der Waals surface area (Å²) < 4.78 is 7.52. The zero-order chi connectivity index (χ0) is 12.0. The molecule has 0 bridgehead atoms. The van der Waals surface area contributed by atoms with E-state index in [1.807, 2.05) is 4.57 Å². The maximum absolute atomic E-state index is 11.7. The van der Waals surface area contributed by atoms with Crippen LogP contribution in [0.2, 0.25) is 0 Å². The Hall–Kier alpha value is -2.10. The van der Waals surface area contributed by atoms with Gasteiger partial charge in [0.1, 0.15) is 5.75 Å². The molecule has 4 nitrogen and oxygen atoms in total. The Balaban J connectivity index is 2.30. The Morgan fingerprint density at radius 1 is 1.41 bits per heavy atom. The van der Waals surface area contributed by atoms with Crippen LogP contribution in [0, 0.1) is 0 Å². The van der Waals surface area contributed by atoms with Gasteiger partial charge < -0.3 is 9.30 Å². The molecule has 1 aromatic carbocycles. The van der Waals surface area contributed by atoms with Crippen molar-refractivity contribution in [2.45, 2.75) is 19.6 Å². The predicted molar refractivity (Wildman–Crippen MR) is 63.3 cm³/mol. The minimum atomic E-state index is -0.462. The molecule has 0 spiro atoms. The van der Waals surface area contributed by atoms with E-state index >= 15 is 0 Å². The van der Waals surface area contributed by atoms with Gasteiger partial charge in [-0.25, -0.2) is 0 Å². The lowest BCUT2D eigenvalue weighted by atomic mass is 10.1. The van der Waals surface area contributed by atoms with Gasteiger partial charge in [-0.15, -0.1) is 0 Å². The van der Waals surface area contributed by atoms with E-state index in [9.17, 15) is 9.59 Å². The van der Waals surface area contributed by atoms with Gasteiger partial charge in [-0.3, -0.25) is 9.59 Å². The molecule has 1 aromatic heterocycles. The number of carbonyl (C=O) groups excluding carboxylic acids is 1. The van der Waals surface area contributed by atoms with Gasteiger partial charge >= 0.3 is 0 Å². The third-order valence-corrected chi connectivity index (χ3v) is 3.04. The van der Waals surface area contributed by atoms with E-state index in [2.05, 4.69) is 0 Å². The fourth-order valence-corrected chi connectivity index (χ4v) is 2.17. The van der Waals surface area contributed by atoms with Crippen molar-refractivity contribution < 1.29 is 9.53 Å². The lowest BCUT2D eigenvalue weighted by Gasteiger charge is -2.26. The Morgan fingerprint density at radius 3 is 3.00 bits per heavy atom. The highest BCUT2D eigenvalue weighted by molar-refractivity contribution is 5.88. The molecule has 2 aromatic rings. The van der Waals surface area contributed by atoms with E-state index in [0.29, 0.717) is 17.7 Å². The summed E-state index contributed by atoms with van der Waals surface area (Å²) in [5.41, 5.74) is 0.750. The van der Waals surface area contributed by atoms with Crippen LogP contribution in [0.15, 0.2) is 35.3 Å². The minimum Gasteiger partial charge on any atom is -0.479 e. The molecule has 1 atom stereocenters. The van der Waals surface area contributed by atoms with Crippen molar-refractivity contribution in [1.29, 1.82) is 0 Å². The van der Waals surface area contributed by atoms with Gasteiger partial charge in [0.15, 0.2) is 17.3 Å². The summed E-state index contributed by atoms with van der Waals surface area (Å²) in [4.78, 5) is 23.1. The molecule has 4 heteroatoms. The van der Waals surface area contributed by atoms with Crippen LogP contribution in [0.25, 0.3) is 10.9 Å². The molecule has 0 radical (unpaired) electrons. The zero-order valence-electron chi connectivity index (χ0n) is 9.34. The number of ether oxygens (including phenoxy) is 1. The van der Waals surface area contributed by atoms with Gasteiger partial charge in [-0.05, 0) is 19.1 Å². The second-order valence-corrected chi connectivity index (χ2v) is 4.20. The Bertz CT molecular complexity index is 660. The third-order valence-electron chi connectivity index (χ3n) is 3.04. The van der Waals surface area contributed by atoms with E-state index < -0.39 is 6.10 Å². The number of hydrogen-bond donors (Lipinski definition) is 0. The topological polar surface area (TPSA) is 48.3 Å². The highest BCUT2D eigenvalue weighted by atomic mass is 16.5. The third kappa shape index (κ3) is 1.45. The van der Waals surface area contributed by atoms with Crippen molar-refractivity contribution in [3.63, 3.8) is 0 Å². The van der Waals surface area contributed by atoms with Crippen LogP contribution in [0.4, 0.5) is 0 Å². The number of para-hydroxylation sites is 1. The van der Waals surface area contributed by atoms with E-state index in [0.717, 1.165) is 5.52 Å². The first kappa shape index (κ1) is 10.1. The predicted octanol–water partition coefficient (Wildman–Crippen LogP) is 1.35. The number of benzene rings is 1. The molecular weight excluding hydrogens is 218 g/mol. The molecule has 0 amide bonds. The number of rotatable bonds is 1. The maximum atomic E-state index is 11.7. The number of hydrogen-bond acceptors (Lipinski definition) is 3. The Labute approximate surface area is 97.4 Å². The molecule has 0 aliphatic carbocycles. The van der Waals surface area contributed by atoms with Gasteiger partial charge in [-0.1, -0.05) is 6.07 Å². The van der Waals surface area contributed by atoms with Gasteiger partial charge in [0.05, 0.1) is 12.1 Å². The van der Waals surface area contributed by atoms with Crippen LogP contribution in [-0.2, 0) is 11.3 Å². The van der Waals surface area contributed by atoms with Crippen molar-refractivity contribution in [2.24, 2.45) is 0 Å². The number of ketones is 1. The highest BCUT2D eigenvalue weighted by Gasteiger charge is 2.24. The van der Waals surface area contributed by atoms with Crippen LogP contribution in [0.1, 0.15) is 6.92 Å². The minimum absolute atomic E-state index is 0.00801. The molecule has 1 aliphatic rings. The lowest BCUT2D eigenvalue weighted by Crippen LogP contribution is -2.34. The second-order valence-electron chi connectivity index (χ2n) is 4.20. The van der Waals surface area contributed by atoms with Crippen LogP contribution in [-0.4, -0.2) is 16.5 Å². The SMILES string of the molecule is CC(=O)C1Cn2ccc(=O)c3cccc(c32)O1. The number of pyridine rings is 1. The van der Waals surface area contributed by atoms with Crippen molar-refractivity contribution in [3.05, 3.63) is 40.7 Å². The first-order valence-corrected chi connectivity index (χ1v) is 5.46. The standard InChI is InChI=1S/C13H11NO3/c1-8(15)12-7-14-6-5-10(16)9-3-2-4-11(17-12)13(9)14/h2-6,12H,7H2,1H3. The molecule has 3 rings (SSSR count). The molecule has 0 saturated carbocycles. The number of nitrogens with zero attached hydrogens (tertiary/aromatic N) is 1. The summed E-state index contributed by atoms with van der Waals surface area (Å²) in [6.07, 6.45) is 1.25. The summed E-state index contributed by atoms with van der Waals surface area (Å²) in [6, 6.07) is 6.85. The first-order chi connectivity index (χ1) is 8.16. The molecular formula is C13H11NO3. The van der Waals surface area contributed by atoms with Crippen LogP contribution >= 0.6 is 0 Å². The molecule has 17 heavy (non-hydrogen) atoms. The largest absolute Gasteiger partial charge is 0.479 e. The fourth-order valence-electron chi connectivity index (χ4n) is 2.17. The van der Waals surface area contributed by atoms with Crippen LogP contribution < -0.4 is 10.2 Å². The summed E-state index contributed by atoms with van der Waals surface area (Å²) in [5, 5.41) is 0.631. The molecule has 2 heterocycles. The van der Waals surface area contributed by atoms with Crippen molar-refractivity contribution in [3.8, 4) is 5.75 Å². The highest BCUT2D eigenvalue weighted by Crippen LogP contribution is 2.28. The number of carbonyl (C=O) groups is 1. The van der Waals surface area contributed by atoms with E-state index in [4.69, 9.17) is 4.74 Å². The fraction of sp³-hybridized carbons (Fsp3) is 0.231. The van der Waals surface area contributed by atoms with Crippen LogP contribution in [0.5, 0.6) is 5.75 Å². The average Bonchev–Trinajstić information content (AvgIpc) is 2.33. The van der Waals surface area contributed by atoms with Gasteiger partial charge in [0.25, 0.3) is 0 Å². The molecule has 0 saturated heterocycles. The summed E-state index contributed by atoms with van der Waals surface area (Å²) in [6.45, 7) is 1.97. The molecule has 1 aliphatic heterocycles. The smallest absolute Gasteiger partial charge is 0.189 e. The van der Waals surface area contributed by atoms with Crippen molar-refractivity contribution >= 4 is 16.7 Å². The Kier molecular flexibility index (Phi) is 2.04.